The summed E-state index contributed by atoms with van der Waals surface area (Å²) in [4.78, 5) is 40.7. The summed E-state index contributed by atoms with van der Waals surface area (Å²) in [5.41, 5.74) is -0.440. The molecule has 130 valence electrons. The number of carbonyl (C=O) groups is 1. The Hall–Kier alpha value is -3.23. The van der Waals surface area contributed by atoms with Crippen molar-refractivity contribution in [3.8, 4) is 0 Å². The number of aromatic nitrogens is 5. The first-order valence-electron chi connectivity index (χ1n) is 7.72. The van der Waals surface area contributed by atoms with E-state index in [0.717, 1.165) is 4.57 Å². The summed E-state index contributed by atoms with van der Waals surface area (Å²) in [5.74, 6) is -0.343. The summed E-state index contributed by atoms with van der Waals surface area (Å²) >= 11 is 0. The van der Waals surface area contributed by atoms with Crippen molar-refractivity contribution in [3.05, 3.63) is 57.1 Å². The lowest BCUT2D eigenvalue weighted by atomic mass is 10.2. The normalized spacial score (nSPS) is 12.3. The Morgan fingerprint density at radius 3 is 2.72 bits per heavy atom. The van der Waals surface area contributed by atoms with Gasteiger partial charge in [-0.15, -0.1) is 0 Å². The third kappa shape index (κ3) is 3.08. The minimum absolute atomic E-state index is 0.161. The molecule has 0 fully saturated rings. The highest BCUT2D eigenvalue weighted by atomic mass is 16.2. The lowest BCUT2D eigenvalue weighted by Gasteiger charge is -2.14. The average Bonchev–Trinajstić information content (AvgIpc) is 3.10. The van der Waals surface area contributed by atoms with Crippen molar-refractivity contribution in [3.63, 3.8) is 0 Å². The second-order valence-electron chi connectivity index (χ2n) is 5.90. The van der Waals surface area contributed by atoms with E-state index in [-0.39, 0.29) is 28.5 Å². The zero-order chi connectivity index (χ0) is 18.1. The standard InChI is InChI=1S/C16H18N6O3/c1-10(9-22-6-4-5-18-22)19-14(23)11-7-12-13(17-8-11)20(2)16(25)21(3)15(12)24/h4-8,10H,9H2,1-3H3,(H,19,23)/t10-/m1/s1. The van der Waals surface area contributed by atoms with E-state index >= 15 is 0 Å². The molecule has 0 spiro atoms. The first-order valence-corrected chi connectivity index (χ1v) is 7.72. The predicted molar refractivity (Wildman–Crippen MR) is 91.4 cm³/mol. The fraction of sp³-hybridized carbons (Fsp3) is 0.312. The number of nitrogens with one attached hydrogen (secondary N) is 1. The number of fused-ring (bicyclic) bond motifs is 1. The molecule has 9 heteroatoms. The predicted octanol–water partition coefficient (Wildman–Crippen LogP) is -0.353. The smallest absolute Gasteiger partial charge is 0.332 e. The van der Waals surface area contributed by atoms with Crippen LogP contribution in [0.3, 0.4) is 0 Å². The number of pyridine rings is 1. The molecular weight excluding hydrogens is 324 g/mol. The number of carbonyl (C=O) groups excluding carboxylic acids is 1. The van der Waals surface area contributed by atoms with Gasteiger partial charge in [0.25, 0.3) is 11.5 Å². The van der Waals surface area contributed by atoms with Gasteiger partial charge in [-0.3, -0.25) is 23.4 Å². The summed E-state index contributed by atoms with van der Waals surface area (Å²) in [6, 6.07) is 3.10. The molecule has 0 saturated carbocycles. The third-order valence-corrected chi connectivity index (χ3v) is 3.95. The molecule has 1 atom stereocenters. The van der Waals surface area contributed by atoms with E-state index in [4.69, 9.17) is 0 Å². The first kappa shape index (κ1) is 16.6. The van der Waals surface area contributed by atoms with Crippen LogP contribution in [0, 0.1) is 0 Å². The Balaban J connectivity index is 1.90. The molecule has 0 bridgehead atoms. The van der Waals surface area contributed by atoms with E-state index in [1.54, 1.807) is 10.9 Å². The Labute approximate surface area is 142 Å². The number of hydrogen-bond donors (Lipinski definition) is 1. The Morgan fingerprint density at radius 1 is 1.28 bits per heavy atom. The van der Waals surface area contributed by atoms with Gasteiger partial charge in [-0.2, -0.15) is 5.10 Å². The number of rotatable bonds is 4. The zero-order valence-electron chi connectivity index (χ0n) is 14.1. The SMILES string of the molecule is C[C@H](Cn1cccn1)NC(=O)c1cnc2c(c1)c(=O)n(C)c(=O)n2C. The fourth-order valence-electron chi connectivity index (χ4n) is 2.63. The maximum atomic E-state index is 12.4. The van der Waals surface area contributed by atoms with Gasteiger partial charge in [-0.05, 0) is 19.1 Å². The molecule has 0 saturated heterocycles. The van der Waals surface area contributed by atoms with Crippen LogP contribution in [0.25, 0.3) is 11.0 Å². The van der Waals surface area contributed by atoms with Crippen molar-refractivity contribution < 1.29 is 4.79 Å². The van der Waals surface area contributed by atoms with Crippen LogP contribution < -0.4 is 16.6 Å². The van der Waals surface area contributed by atoms with Gasteiger partial charge in [0, 0.05) is 38.7 Å². The van der Waals surface area contributed by atoms with Crippen LogP contribution >= 0.6 is 0 Å². The first-order chi connectivity index (χ1) is 11.9. The molecule has 0 unspecified atom stereocenters. The lowest BCUT2D eigenvalue weighted by molar-refractivity contribution is 0.0936. The largest absolute Gasteiger partial charge is 0.348 e. The number of nitrogens with zero attached hydrogens (tertiary/aromatic N) is 5. The molecule has 0 aliphatic rings. The van der Waals surface area contributed by atoms with E-state index in [9.17, 15) is 14.4 Å². The maximum Gasteiger partial charge on any atom is 0.332 e. The van der Waals surface area contributed by atoms with Crippen molar-refractivity contribution in [2.24, 2.45) is 14.1 Å². The van der Waals surface area contributed by atoms with Crippen LogP contribution in [0.5, 0.6) is 0 Å². The molecule has 1 amide bonds. The second kappa shape index (κ2) is 6.34. The van der Waals surface area contributed by atoms with Gasteiger partial charge in [0.05, 0.1) is 17.5 Å². The van der Waals surface area contributed by atoms with Crippen LogP contribution in [-0.4, -0.2) is 35.8 Å². The Kier molecular flexibility index (Phi) is 4.22. The van der Waals surface area contributed by atoms with Crippen LogP contribution in [0.15, 0.2) is 40.3 Å². The molecule has 0 radical (unpaired) electrons. The number of aryl methyl sites for hydroxylation is 1. The molecule has 3 aromatic rings. The minimum Gasteiger partial charge on any atom is -0.348 e. The average molecular weight is 342 g/mol. The zero-order valence-corrected chi connectivity index (χ0v) is 14.1. The van der Waals surface area contributed by atoms with E-state index < -0.39 is 11.2 Å². The fourth-order valence-corrected chi connectivity index (χ4v) is 2.63. The summed E-state index contributed by atoms with van der Waals surface area (Å²) < 4.78 is 3.99. The minimum atomic E-state index is -0.482. The number of hydrogen-bond acceptors (Lipinski definition) is 5. The molecular formula is C16H18N6O3. The van der Waals surface area contributed by atoms with Gasteiger partial charge in [0.2, 0.25) is 0 Å². The molecule has 1 N–H and O–H groups in total. The topological polar surface area (TPSA) is 104 Å². The Morgan fingerprint density at radius 2 is 2.04 bits per heavy atom. The van der Waals surface area contributed by atoms with E-state index in [1.165, 1.54) is 30.9 Å². The number of amides is 1. The molecule has 25 heavy (non-hydrogen) atoms. The van der Waals surface area contributed by atoms with Gasteiger partial charge in [-0.1, -0.05) is 0 Å². The van der Waals surface area contributed by atoms with Crippen LogP contribution in [-0.2, 0) is 20.6 Å². The quantitative estimate of drug-likeness (QED) is 0.698. The van der Waals surface area contributed by atoms with Crippen molar-refractivity contribution in [2.45, 2.75) is 19.5 Å². The molecule has 0 aliphatic heterocycles. The van der Waals surface area contributed by atoms with Crippen molar-refractivity contribution in [1.82, 2.24) is 29.2 Å². The third-order valence-electron chi connectivity index (χ3n) is 3.95. The van der Waals surface area contributed by atoms with E-state index in [1.807, 2.05) is 19.2 Å². The summed E-state index contributed by atoms with van der Waals surface area (Å²) in [5, 5.41) is 7.15. The van der Waals surface area contributed by atoms with E-state index in [2.05, 4.69) is 15.4 Å². The highest BCUT2D eigenvalue weighted by Gasteiger charge is 2.15. The van der Waals surface area contributed by atoms with Gasteiger partial charge >= 0.3 is 5.69 Å². The van der Waals surface area contributed by atoms with Crippen molar-refractivity contribution >= 4 is 16.9 Å². The second-order valence-corrected chi connectivity index (χ2v) is 5.90. The van der Waals surface area contributed by atoms with E-state index in [0.29, 0.717) is 6.54 Å². The highest BCUT2D eigenvalue weighted by molar-refractivity contribution is 5.96. The molecule has 0 aromatic carbocycles. The van der Waals surface area contributed by atoms with Crippen LogP contribution in [0.4, 0.5) is 0 Å². The van der Waals surface area contributed by atoms with Crippen molar-refractivity contribution in [2.75, 3.05) is 0 Å². The van der Waals surface area contributed by atoms with Crippen LogP contribution in [0.1, 0.15) is 17.3 Å². The summed E-state index contributed by atoms with van der Waals surface area (Å²) in [6.45, 7) is 2.38. The highest BCUT2D eigenvalue weighted by Crippen LogP contribution is 2.08. The van der Waals surface area contributed by atoms with Gasteiger partial charge in [0.15, 0.2) is 0 Å². The monoisotopic (exact) mass is 342 g/mol. The van der Waals surface area contributed by atoms with Gasteiger partial charge in [-0.25, -0.2) is 9.78 Å². The summed E-state index contributed by atoms with van der Waals surface area (Å²) in [6.07, 6.45) is 4.84. The Bertz CT molecular complexity index is 1050. The van der Waals surface area contributed by atoms with Gasteiger partial charge < -0.3 is 5.32 Å². The molecule has 3 rings (SSSR count). The molecule has 3 heterocycles. The molecule has 9 nitrogen and oxygen atoms in total. The van der Waals surface area contributed by atoms with Gasteiger partial charge in [0.1, 0.15) is 5.65 Å². The van der Waals surface area contributed by atoms with Crippen LogP contribution in [0.2, 0.25) is 0 Å². The summed E-state index contributed by atoms with van der Waals surface area (Å²) in [7, 11) is 2.92. The molecule has 3 aromatic heterocycles. The van der Waals surface area contributed by atoms with Crippen molar-refractivity contribution in [1.29, 1.82) is 0 Å². The maximum absolute atomic E-state index is 12.4. The lowest BCUT2D eigenvalue weighted by Crippen LogP contribution is -2.38. The molecule has 0 aliphatic carbocycles.